The Morgan fingerprint density at radius 3 is 2.40 bits per heavy atom. The Morgan fingerprint density at radius 1 is 1.47 bits per heavy atom. The molecule has 0 aromatic heterocycles. The van der Waals surface area contributed by atoms with Gasteiger partial charge in [-0.1, -0.05) is 6.92 Å². The van der Waals surface area contributed by atoms with Gasteiger partial charge in [0.15, 0.2) is 9.84 Å². The highest BCUT2D eigenvalue weighted by Gasteiger charge is 2.22. The van der Waals surface area contributed by atoms with Crippen LogP contribution >= 0.6 is 0 Å². The number of nitrogens with two attached hydrogens (primary N) is 1. The maximum absolute atomic E-state index is 11.6. The molecule has 4 nitrogen and oxygen atoms in total. The van der Waals surface area contributed by atoms with Crippen molar-refractivity contribution in [1.29, 1.82) is 5.26 Å². The molecule has 0 amide bonds. The van der Waals surface area contributed by atoms with Crippen molar-refractivity contribution in [2.45, 2.75) is 27.2 Å². The van der Waals surface area contributed by atoms with Crippen molar-refractivity contribution in [3.05, 3.63) is 0 Å². The van der Waals surface area contributed by atoms with E-state index < -0.39 is 15.3 Å². The summed E-state index contributed by atoms with van der Waals surface area (Å²) in [6, 6.07) is 2.09. The van der Waals surface area contributed by atoms with E-state index in [9.17, 15) is 8.42 Å². The number of hydrogen-bond acceptors (Lipinski definition) is 4. The van der Waals surface area contributed by atoms with Gasteiger partial charge in [-0.3, -0.25) is 0 Å². The average molecular weight is 232 g/mol. The second kappa shape index (κ2) is 5.47. The van der Waals surface area contributed by atoms with Crippen molar-refractivity contribution in [1.82, 2.24) is 0 Å². The first-order valence-corrected chi connectivity index (χ1v) is 6.86. The zero-order valence-corrected chi connectivity index (χ0v) is 10.5. The molecule has 0 saturated carbocycles. The molecule has 2 N–H and O–H groups in total. The van der Waals surface area contributed by atoms with E-state index in [4.69, 9.17) is 11.0 Å². The molecule has 0 spiro atoms. The van der Waals surface area contributed by atoms with Gasteiger partial charge < -0.3 is 5.73 Å². The quantitative estimate of drug-likeness (QED) is 0.738. The lowest BCUT2D eigenvalue weighted by molar-refractivity contribution is 0.471. The Bertz CT molecular complexity index is 328. The van der Waals surface area contributed by atoms with Gasteiger partial charge in [-0.25, -0.2) is 8.42 Å². The summed E-state index contributed by atoms with van der Waals surface area (Å²) in [5, 5.41) is 8.75. The molecule has 0 aliphatic heterocycles. The maximum atomic E-state index is 11.6. The Labute approximate surface area is 92.4 Å². The van der Waals surface area contributed by atoms with Gasteiger partial charge in [-0.2, -0.15) is 5.26 Å². The fourth-order valence-corrected chi connectivity index (χ4v) is 3.04. The second-order valence-corrected chi connectivity index (χ2v) is 6.93. The molecule has 5 heteroatoms. The molecule has 1 atom stereocenters. The lowest BCUT2D eigenvalue weighted by atomic mass is 9.93. The molecule has 0 fully saturated rings. The van der Waals surface area contributed by atoms with Crippen LogP contribution in [-0.2, 0) is 9.84 Å². The van der Waals surface area contributed by atoms with Crippen LogP contribution in [0.5, 0.6) is 0 Å². The minimum atomic E-state index is -3.07. The first-order valence-electron chi connectivity index (χ1n) is 5.04. The Morgan fingerprint density at radius 2 is 2.00 bits per heavy atom. The lowest BCUT2D eigenvalue weighted by Gasteiger charge is -2.15. The molecular formula is C10H20N2O2S. The van der Waals surface area contributed by atoms with E-state index in [1.54, 1.807) is 13.8 Å². The van der Waals surface area contributed by atoms with Gasteiger partial charge in [0.25, 0.3) is 0 Å². The Balaban J connectivity index is 4.25. The topological polar surface area (TPSA) is 84.0 Å². The number of nitrogens with zero attached hydrogens (tertiary/aromatic N) is 1. The third-order valence-electron chi connectivity index (χ3n) is 2.28. The summed E-state index contributed by atoms with van der Waals surface area (Å²) in [6.45, 7) is 5.68. The van der Waals surface area contributed by atoms with Gasteiger partial charge in [0.1, 0.15) is 0 Å². The van der Waals surface area contributed by atoms with Crippen LogP contribution in [0.2, 0.25) is 0 Å². The summed E-state index contributed by atoms with van der Waals surface area (Å²) < 4.78 is 23.2. The van der Waals surface area contributed by atoms with Crippen LogP contribution in [0.3, 0.4) is 0 Å². The molecule has 0 heterocycles. The van der Waals surface area contributed by atoms with Gasteiger partial charge in [0.05, 0.1) is 23.0 Å². The maximum Gasteiger partial charge on any atom is 0.150 e. The molecule has 1 unspecified atom stereocenters. The zero-order chi connectivity index (χ0) is 12.1. The third kappa shape index (κ3) is 6.47. The van der Waals surface area contributed by atoms with Crippen LogP contribution in [0.1, 0.15) is 27.2 Å². The highest BCUT2D eigenvalue weighted by molar-refractivity contribution is 7.91. The van der Waals surface area contributed by atoms with Crippen LogP contribution in [0.4, 0.5) is 0 Å². The van der Waals surface area contributed by atoms with Crippen molar-refractivity contribution in [3.63, 3.8) is 0 Å². The fourth-order valence-electron chi connectivity index (χ4n) is 1.05. The molecule has 15 heavy (non-hydrogen) atoms. The normalized spacial score (nSPS) is 14.6. The van der Waals surface area contributed by atoms with E-state index in [0.717, 1.165) is 0 Å². The molecule has 0 aromatic carbocycles. The van der Waals surface area contributed by atoms with Crippen LogP contribution in [0.25, 0.3) is 0 Å². The first kappa shape index (κ1) is 14.4. The van der Waals surface area contributed by atoms with Crippen molar-refractivity contribution < 1.29 is 8.42 Å². The van der Waals surface area contributed by atoms with Crippen molar-refractivity contribution in [3.8, 4) is 6.07 Å². The molecule has 0 aromatic rings. The van der Waals surface area contributed by atoms with Crippen LogP contribution in [0.15, 0.2) is 0 Å². The van der Waals surface area contributed by atoms with E-state index in [1.807, 2.05) is 6.92 Å². The van der Waals surface area contributed by atoms with E-state index in [2.05, 4.69) is 6.07 Å². The molecule has 0 rings (SSSR count). The molecule has 0 aliphatic rings. The minimum absolute atomic E-state index is 0.0137. The van der Waals surface area contributed by atoms with Crippen molar-refractivity contribution in [2.75, 3.05) is 18.1 Å². The summed E-state index contributed by atoms with van der Waals surface area (Å²) in [5.41, 5.74) is 4.80. The third-order valence-corrected chi connectivity index (χ3v) is 4.18. The molecule has 0 saturated heterocycles. The molecule has 88 valence electrons. The summed E-state index contributed by atoms with van der Waals surface area (Å²) in [5.74, 6) is 0.170. The summed E-state index contributed by atoms with van der Waals surface area (Å²) in [4.78, 5) is 0. The first-order chi connectivity index (χ1) is 6.72. The zero-order valence-electron chi connectivity index (χ0n) is 9.66. The number of rotatable bonds is 6. The number of hydrogen-bond donors (Lipinski definition) is 1. The molecule has 0 aliphatic carbocycles. The lowest BCUT2D eigenvalue weighted by Crippen LogP contribution is -2.25. The summed E-state index contributed by atoms with van der Waals surface area (Å²) in [6.07, 6.45) is 0.378. The van der Waals surface area contributed by atoms with E-state index in [1.165, 1.54) is 0 Å². The van der Waals surface area contributed by atoms with E-state index >= 15 is 0 Å². The predicted molar refractivity (Wildman–Crippen MR) is 60.9 cm³/mol. The SMILES string of the molecule is CC(CN)CS(=O)(=O)CCC(C)(C)C#N. The molecule has 0 bridgehead atoms. The fraction of sp³-hybridized carbons (Fsp3) is 0.900. The van der Waals surface area contributed by atoms with E-state index in [0.29, 0.717) is 13.0 Å². The van der Waals surface area contributed by atoms with Crippen LogP contribution < -0.4 is 5.73 Å². The Hall–Kier alpha value is -0.600. The number of nitriles is 1. The van der Waals surface area contributed by atoms with Gasteiger partial charge in [-0.05, 0) is 32.7 Å². The smallest absolute Gasteiger partial charge is 0.150 e. The van der Waals surface area contributed by atoms with Crippen molar-refractivity contribution >= 4 is 9.84 Å². The second-order valence-electron chi connectivity index (χ2n) is 4.70. The van der Waals surface area contributed by atoms with E-state index in [-0.39, 0.29) is 17.4 Å². The van der Waals surface area contributed by atoms with Gasteiger partial charge in [-0.15, -0.1) is 0 Å². The summed E-state index contributed by atoms with van der Waals surface area (Å²) in [7, 11) is -3.07. The Kier molecular flexibility index (Phi) is 5.26. The van der Waals surface area contributed by atoms with Gasteiger partial charge in [0.2, 0.25) is 0 Å². The highest BCUT2D eigenvalue weighted by Crippen LogP contribution is 2.20. The monoisotopic (exact) mass is 232 g/mol. The standard InChI is InChI=1S/C10H20N2O2S/c1-9(6-11)7-15(13,14)5-4-10(2,3)8-12/h9H,4-7,11H2,1-3H3. The summed E-state index contributed by atoms with van der Waals surface area (Å²) >= 11 is 0. The van der Waals surface area contributed by atoms with Gasteiger partial charge in [0, 0.05) is 0 Å². The number of sulfone groups is 1. The average Bonchev–Trinajstić information content (AvgIpc) is 2.14. The largest absolute Gasteiger partial charge is 0.330 e. The minimum Gasteiger partial charge on any atom is -0.330 e. The van der Waals surface area contributed by atoms with Crippen LogP contribution in [-0.4, -0.2) is 26.5 Å². The molecular weight excluding hydrogens is 212 g/mol. The van der Waals surface area contributed by atoms with Gasteiger partial charge >= 0.3 is 0 Å². The van der Waals surface area contributed by atoms with Crippen LogP contribution in [0, 0.1) is 22.7 Å². The molecule has 0 radical (unpaired) electrons. The van der Waals surface area contributed by atoms with Crippen molar-refractivity contribution in [2.24, 2.45) is 17.1 Å². The highest BCUT2D eigenvalue weighted by atomic mass is 32.2. The predicted octanol–water partition coefficient (Wildman–Crippen LogP) is 0.936.